The van der Waals surface area contributed by atoms with Crippen molar-refractivity contribution >= 4 is 11.4 Å². The van der Waals surface area contributed by atoms with Gasteiger partial charge in [-0.1, -0.05) is 24.3 Å². The molecule has 1 unspecified atom stereocenters. The lowest BCUT2D eigenvalue weighted by atomic mass is 10.0. The first-order valence-corrected chi connectivity index (χ1v) is 8.62. The van der Waals surface area contributed by atoms with Crippen LogP contribution in [0, 0.1) is 10.1 Å². The lowest BCUT2D eigenvalue weighted by Crippen LogP contribution is -2.41. The molecule has 1 aliphatic heterocycles. The SMILES string of the molecule is COc1ccc(C(CNc2ccccc2[N+](=O)[O-])N2CCOCC2)cc1. The monoisotopic (exact) mass is 357 g/mol. The summed E-state index contributed by atoms with van der Waals surface area (Å²) < 4.78 is 10.7. The second kappa shape index (κ2) is 8.64. The summed E-state index contributed by atoms with van der Waals surface area (Å²) in [7, 11) is 1.64. The molecule has 26 heavy (non-hydrogen) atoms. The number of ether oxygens (including phenoxy) is 2. The molecule has 1 heterocycles. The number of anilines is 1. The van der Waals surface area contributed by atoms with Gasteiger partial charge in [0.2, 0.25) is 0 Å². The second-order valence-corrected chi connectivity index (χ2v) is 6.09. The number of hydrogen-bond donors (Lipinski definition) is 1. The van der Waals surface area contributed by atoms with Gasteiger partial charge in [-0.15, -0.1) is 0 Å². The molecule has 138 valence electrons. The number of benzene rings is 2. The number of nitro benzene ring substituents is 1. The van der Waals surface area contributed by atoms with Gasteiger partial charge in [-0.2, -0.15) is 0 Å². The summed E-state index contributed by atoms with van der Waals surface area (Å²) in [5, 5.41) is 14.5. The average Bonchev–Trinajstić information content (AvgIpc) is 2.69. The summed E-state index contributed by atoms with van der Waals surface area (Å²) in [6, 6.07) is 14.8. The smallest absolute Gasteiger partial charge is 0.292 e. The molecule has 7 nitrogen and oxygen atoms in total. The van der Waals surface area contributed by atoms with Gasteiger partial charge in [0.15, 0.2) is 0 Å². The van der Waals surface area contributed by atoms with Crippen molar-refractivity contribution in [1.82, 2.24) is 4.90 Å². The van der Waals surface area contributed by atoms with Crippen molar-refractivity contribution in [3.8, 4) is 5.75 Å². The van der Waals surface area contributed by atoms with Crippen LogP contribution in [-0.2, 0) is 4.74 Å². The van der Waals surface area contributed by atoms with Crippen LogP contribution in [-0.4, -0.2) is 49.8 Å². The first-order valence-electron chi connectivity index (χ1n) is 8.62. The van der Waals surface area contributed by atoms with E-state index in [0.29, 0.717) is 25.4 Å². The Morgan fingerprint density at radius 1 is 1.19 bits per heavy atom. The van der Waals surface area contributed by atoms with E-state index in [1.807, 2.05) is 24.3 Å². The Labute approximate surface area is 152 Å². The molecule has 0 spiro atoms. The predicted molar refractivity (Wildman–Crippen MR) is 99.7 cm³/mol. The zero-order valence-electron chi connectivity index (χ0n) is 14.8. The number of nitrogens with one attached hydrogen (secondary N) is 1. The van der Waals surface area contributed by atoms with E-state index in [4.69, 9.17) is 9.47 Å². The van der Waals surface area contributed by atoms with Gasteiger partial charge in [0, 0.05) is 25.7 Å². The van der Waals surface area contributed by atoms with Crippen molar-refractivity contribution in [2.24, 2.45) is 0 Å². The number of nitro groups is 1. The Hall–Kier alpha value is -2.64. The first-order chi connectivity index (χ1) is 12.7. The summed E-state index contributed by atoms with van der Waals surface area (Å²) in [4.78, 5) is 13.2. The van der Waals surface area contributed by atoms with Crippen LogP contribution < -0.4 is 10.1 Å². The molecule has 7 heteroatoms. The summed E-state index contributed by atoms with van der Waals surface area (Å²) in [5.74, 6) is 0.807. The van der Waals surface area contributed by atoms with Crippen LogP contribution in [0.2, 0.25) is 0 Å². The average molecular weight is 357 g/mol. The number of nitrogens with zero attached hydrogens (tertiary/aromatic N) is 2. The van der Waals surface area contributed by atoms with Gasteiger partial charge in [-0.3, -0.25) is 15.0 Å². The fourth-order valence-corrected chi connectivity index (χ4v) is 3.16. The minimum absolute atomic E-state index is 0.0861. The molecule has 0 aromatic heterocycles. The quantitative estimate of drug-likeness (QED) is 0.606. The molecular formula is C19H23N3O4. The van der Waals surface area contributed by atoms with Crippen molar-refractivity contribution < 1.29 is 14.4 Å². The van der Waals surface area contributed by atoms with E-state index in [-0.39, 0.29) is 16.7 Å². The van der Waals surface area contributed by atoms with Gasteiger partial charge in [0.1, 0.15) is 11.4 Å². The molecule has 0 radical (unpaired) electrons. The van der Waals surface area contributed by atoms with Gasteiger partial charge < -0.3 is 14.8 Å². The van der Waals surface area contributed by atoms with E-state index in [9.17, 15) is 10.1 Å². The van der Waals surface area contributed by atoms with Crippen molar-refractivity contribution in [2.45, 2.75) is 6.04 Å². The number of methoxy groups -OCH3 is 1. The largest absolute Gasteiger partial charge is 0.497 e. The van der Waals surface area contributed by atoms with Crippen LogP contribution in [0.4, 0.5) is 11.4 Å². The van der Waals surface area contributed by atoms with Crippen LogP contribution in [0.3, 0.4) is 0 Å². The van der Waals surface area contributed by atoms with Crippen LogP contribution in [0.15, 0.2) is 48.5 Å². The maximum Gasteiger partial charge on any atom is 0.292 e. The highest BCUT2D eigenvalue weighted by Gasteiger charge is 2.23. The molecule has 1 fully saturated rings. The molecule has 2 aromatic carbocycles. The lowest BCUT2D eigenvalue weighted by Gasteiger charge is -2.35. The molecular weight excluding hydrogens is 334 g/mol. The molecule has 3 rings (SSSR count). The second-order valence-electron chi connectivity index (χ2n) is 6.09. The van der Waals surface area contributed by atoms with Crippen molar-refractivity contribution in [2.75, 3.05) is 45.3 Å². The van der Waals surface area contributed by atoms with Gasteiger partial charge in [-0.05, 0) is 23.8 Å². The molecule has 1 atom stereocenters. The molecule has 0 bridgehead atoms. The fourth-order valence-electron chi connectivity index (χ4n) is 3.16. The topological polar surface area (TPSA) is 76.9 Å². The van der Waals surface area contributed by atoms with E-state index >= 15 is 0 Å². The van der Waals surface area contributed by atoms with E-state index in [0.717, 1.165) is 24.4 Å². The maximum atomic E-state index is 11.2. The molecule has 1 aliphatic rings. The van der Waals surface area contributed by atoms with E-state index < -0.39 is 0 Å². The van der Waals surface area contributed by atoms with Crippen molar-refractivity contribution in [1.29, 1.82) is 0 Å². The van der Waals surface area contributed by atoms with E-state index in [1.54, 1.807) is 25.3 Å². The highest BCUT2D eigenvalue weighted by atomic mass is 16.6. The van der Waals surface area contributed by atoms with Gasteiger partial charge >= 0.3 is 0 Å². The third kappa shape index (κ3) is 4.30. The molecule has 2 aromatic rings. The van der Waals surface area contributed by atoms with Crippen LogP contribution >= 0.6 is 0 Å². The van der Waals surface area contributed by atoms with Crippen LogP contribution in [0.1, 0.15) is 11.6 Å². The number of rotatable bonds is 7. The van der Waals surface area contributed by atoms with E-state index in [2.05, 4.69) is 10.2 Å². The Morgan fingerprint density at radius 3 is 2.54 bits per heavy atom. The number of para-hydroxylation sites is 2. The molecule has 0 amide bonds. The third-order valence-electron chi connectivity index (χ3n) is 4.57. The molecule has 1 N–H and O–H groups in total. The van der Waals surface area contributed by atoms with Crippen LogP contribution in [0.5, 0.6) is 5.75 Å². The summed E-state index contributed by atoms with van der Waals surface area (Å²) in [5.41, 5.74) is 1.76. The van der Waals surface area contributed by atoms with Gasteiger partial charge in [0.05, 0.1) is 31.3 Å². The standard InChI is InChI=1S/C19H23N3O4/c1-25-16-8-6-15(7-9-16)19(21-10-12-26-13-11-21)14-20-17-4-2-3-5-18(17)22(23)24/h2-9,19-20H,10-14H2,1H3. The summed E-state index contributed by atoms with van der Waals surface area (Å²) >= 11 is 0. The normalized spacial score (nSPS) is 16.0. The first kappa shape index (κ1) is 18.2. The highest BCUT2D eigenvalue weighted by molar-refractivity contribution is 5.61. The van der Waals surface area contributed by atoms with Crippen LogP contribution in [0.25, 0.3) is 0 Å². The molecule has 0 aliphatic carbocycles. The fraction of sp³-hybridized carbons (Fsp3) is 0.368. The van der Waals surface area contributed by atoms with E-state index in [1.165, 1.54) is 6.07 Å². The zero-order valence-corrected chi connectivity index (χ0v) is 14.8. The maximum absolute atomic E-state index is 11.2. The Bertz CT molecular complexity index is 730. The van der Waals surface area contributed by atoms with Crippen molar-refractivity contribution in [3.63, 3.8) is 0 Å². The minimum atomic E-state index is -0.362. The summed E-state index contributed by atoms with van der Waals surface area (Å²) in [6.45, 7) is 3.61. The summed E-state index contributed by atoms with van der Waals surface area (Å²) in [6.07, 6.45) is 0. The highest BCUT2D eigenvalue weighted by Crippen LogP contribution is 2.28. The van der Waals surface area contributed by atoms with Crippen molar-refractivity contribution in [3.05, 3.63) is 64.2 Å². The van der Waals surface area contributed by atoms with Gasteiger partial charge in [0.25, 0.3) is 5.69 Å². The zero-order chi connectivity index (χ0) is 18.4. The Kier molecular flexibility index (Phi) is 6.04. The molecule has 1 saturated heterocycles. The lowest BCUT2D eigenvalue weighted by molar-refractivity contribution is -0.384. The van der Waals surface area contributed by atoms with Gasteiger partial charge in [-0.25, -0.2) is 0 Å². The Morgan fingerprint density at radius 2 is 1.88 bits per heavy atom. The minimum Gasteiger partial charge on any atom is -0.497 e. The number of hydrogen-bond acceptors (Lipinski definition) is 6. The third-order valence-corrected chi connectivity index (χ3v) is 4.57. The molecule has 0 saturated carbocycles. The Balaban J connectivity index is 1.80. The number of morpholine rings is 1. The predicted octanol–water partition coefficient (Wildman–Crippen LogP) is 3.09.